The maximum atomic E-state index is 12.9. The molecule has 0 bridgehead atoms. The van der Waals surface area contributed by atoms with Crippen molar-refractivity contribution in [3.8, 4) is 0 Å². The highest BCUT2D eigenvalue weighted by atomic mass is 35.5. The number of alkyl halides is 2. The highest BCUT2D eigenvalue weighted by molar-refractivity contribution is 6.31. The van der Waals surface area contributed by atoms with Crippen LogP contribution < -0.4 is 0 Å². The third-order valence-electron chi connectivity index (χ3n) is 1.92. The van der Waals surface area contributed by atoms with Crippen LogP contribution in [0.25, 0.3) is 0 Å². The minimum atomic E-state index is -2.88. The summed E-state index contributed by atoms with van der Waals surface area (Å²) in [6, 6.07) is 1.28. The van der Waals surface area contributed by atoms with Crippen molar-refractivity contribution in [3.05, 3.63) is 28.5 Å². The van der Waals surface area contributed by atoms with E-state index in [1.165, 1.54) is 12.3 Å². The zero-order valence-corrected chi connectivity index (χ0v) is 9.07. The topological polar surface area (TPSA) is 12.9 Å². The molecule has 4 heteroatoms. The molecule has 1 aromatic rings. The van der Waals surface area contributed by atoms with Gasteiger partial charge in [0.05, 0.1) is 10.7 Å². The summed E-state index contributed by atoms with van der Waals surface area (Å²) in [6.07, 6.45) is 1.18. The molecule has 0 radical (unpaired) electrons. The lowest BCUT2D eigenvalue weighted by molar-refractivity contribution is 0.0171. The molecule has 1 heterocycles. The molecule has 0 saturated heterocycles. The molecule has 0 N–H and O–H groups in total. The van der Waals surface area contributed by atoms with Gasteiger partial charge in [0, 0.05) is 18.7 Å². The van der Waals surface area contributed by atoms with Crippen LogP contribution in [0.2, 0.25) is 5.02 Å². The first-order valence-electron chi connectivity index (χ1n) is 4.36. The molecule has 0 aromatic carbocycles. The Hall–Kier alpha value is -0.700. The number of halogens is 3. The minimum absolute atomic E-state index is 0.141. The van der Waals surface area contributed by atoms with Crippen molar-refractivity contribution in [3.63, 3.8) is 0 Å². The van der Waals surface area contributed by atoms with Crippen LogP contribution in [0.3, 0.4) is 0 Å². The maximum absolute atomic E-state index is 12.9. The molecule has 78 valence electrons. The number of hydrogen-bond donors (Lipinski definition) is 0. The summed E-state index contributed by atoms with van der Waals surface area (Å²) in [5.41, 5.74) is 0.506. The molecule has 1 rings (SSSR count). The number of aromatic nitrogens is 1. The fraction of sp³-hybridized carbons (Fsp3) is 0.500. The van der Waals surface area contributed by atoms with Gasteiger partial charge in [0.25, 0.3) is 5.92 Å². The first-order valence-corrected chi connectivity index (χ1v) is 4.74. The molecule has 0 unspecified atom stereocenters. The van der Waals surface area contributed by atoms with E-state index >= 15 is 0 Å². The van der Waals surface area contributed by atoms with Crippen molar-refractivity contribution in [1.82, 2.24) is 4.98 Å². The fourth-order valence-corrected chi connectivity index (χ4v) is 1.50. The fourth-order valence-electron chi connectivity index (χ4n) is 1.11. The summed E-state index contributed by atoms with van der Waals surface area (Å²) >= 11 is 5.83. The molecule has 0 amide bonds. The zero-order chi connectivity index (χ0) is 10.9. The Bertz CT molecular complexity index is 331. The third kappa shape index (κ3) is 2.41. The van der Waals surface area contributed by atoms with E-state index in [0.29, 0.717) is 10.7 Å². The summed E-state index contributed by atoms with van der Waals surface area (Å²) < 4.78 is 25.7. The highest BCUT2D eigenvalue weighted by Crippen LogP contribution is 2.30. The summed E-state index contributed by atoms with van der Waals surface area (Å²) in [7, 11) is 0. The van der Waals surface area contributed by atoms with Gasteiger partial charge in [0.2, 0.25) is 0 Å². The van der Waals surface area contributed by atoms with Crippen LogP contribution in [-0.4, -0.2) is 4.98 Å². The van der Waals surface area contributed by atoms with Crippen molar-refractivity contribution < 1.29 is 8.78 Å². The standard InChI is InChI=1S/C10H12ClF2N/c1-6(2)9-8(11)4-7(5-14-9)10(3,12)13/h4-6H,1-3H3. The molecule has 0 aliphatic rings. The quantitative estimate of drug-likeness (QED) is 0.734. The lowest BCUT2D eigenvalue weighted by atomic mass is 10.1. The lowest BCUT2D eigenvalue weighted by Gasteiger charge is -2.13. The van der Waals surface area contributed by atoms with Crippen LogP contribution in [0, 0.1) is 0 Å². The zero-order valence-electron chi connectivity index (χ0n) is 8.31. The molecule has 0 atom stereocenters. The van der Waals surface area contributed by atoms with Gasteiger partial charge >= 0.3 is 0 Å². The Kier molecular flexibility index (Phi) is 3.10. The van der Waals surface area contributed by atoms with Gasteiger partial charge in [-0.25, -0.2) is 8.78 Å². The molecule has 0 saturated carbocycles. The second kappa shape index (κ2) is 3.81. The van der Waals surface area contributed by atoms with Crippen LogP contribution in [0.5, 0.6) is 0 Å². The molecule has 0 fully saturated rings. The normalized spacial score (nSPS) is 12.2. The molecule has 0 aliphatic heterocycles. The van der Waals surface area contributed by atoms with E-state index in [0.717, 1.165) is 6.92 Å². The number of pyridine rings is 1. The van der Waals surface area contributed by atoms with Gasteiger partial charge in [-0.3, -0.25) is 4.98 Å². The van der Waals surface area contributed by atoms with Gasteiger partial charge in [-0.05, 0) is 12.0 Å². The monoisotopic (exact) mass is 219 g/mol. The Balaban J connectivity index is 3.13. The van der Waals surface area contributed by atoms with E-state index in [9.17, 15) is 8.78 Å². The second-order valence-electron chi connectivity index (χ2n) is 3.63. The van der Waals surface area contributed by atoms with Gasteiger partial charge in [-0.1, -0.05) is 25.4 Å². The Morgan fingerprint density at radius 2 is 2.00 bits per heavy atom. The minimum Gasteiger partial charge on any atom is -0.259 e. The third-order valence-corrected chi connectivity index (χ3v) is 2.23. The highest BCUT2D eigenvalue weighted by Gasteiger charge is 2.25. The van der Waals surface area contributed by atoms with Crippen molar-refractivity contribution in [2.24, 2.45) is 0 Å². The van der Waals surface area contributed by atoms with E-state index in [4.69, 9.17) is 11.6 Å². The Labute approximate surface area is 87.1 Å². The number of nitrogens with zero attached hydrogens (tertiary/aromatic N) is 1. The van der Waals surface area contributed by atoms with Gasteiger partial charge in [-0.2, -0.15) is 0 Å². The second-order valence-corrected chi connectivity index (χ2v) is 4.04. The van der Waals surface area contributed by atoms with E-state index in [1.807, 2.05) is 13.8 Å². The SMILES string of the molecule is CC(C)c1ncc(C(C)(F)F)cc1Cl. The number of hydrogen-bond acceptors (Lipinski definition) is 1. The van der Waals surface area contributed by atoms with Gasteiger partial charge in [-0.15, -0.1) is 0 Å². The van der Waals surface area contributed by atoms with Crippen LogP contribution in [0.1, 0.15) is 37.9 Å². The van der Waals surface area contributed by atoms with E-state index in [-0.39, 0.29) is 11.5 Å². The van der Waals surface area contributed by atoms with Crippen LogP contribution in [0.4, 0.5) is 8.78 Å². The van der Waals surface area contributed by atoms with Crippen LogP contribution >= 0.6 is 11.6 Å². The van der Waals surface area contributed by atoms with Crippen LogP contribution in [-0.2, 0) is 5.92 Å². The number of rotatable bonds is 2. The predicted octanol–water partition coefficient (Wildman–Crippen LogP) is 3.97. The van der Waals surface area contributed by atoms with Crippen molar-refractivity contribution in [1.29, 1.82) is 0 Å². The van der Waals surface area contributed by atoms with Gasteiger partial charge in [0.1, 0.15) is 0 Å². The van der Waals surface area contributed by atoms with Crippen molar-refractivity contribution in [2.45, 2.75) is 32.6 Å². The van der Waals surface area contributed by atoms with Gasteiger partial charge in [0.15, 0.2) is 0 Å². The predicted molar refractivity (Wildman–Crippen MR) is 52.9 cm³/mol. The summed E-state index contributed by atoms with van der Waals surface area (Å²) in [5, 5.41) is 0.305. The maximum Gasteiger partial charge on any atom is 0.272 e. The molecular formula is C10H12ClF2N. The Morgan fingerprint density at radius 3 is 2.36 bits per heavy atom. The van der Waals surface area contributed by atoms with Gasteiger partial charge < -0.3 is 0 Å². The Morgan fingerprint density at radius 1 is 1.43 bits per heavy atom. The molecule has 0 spiro atoms. The van der Waals surface area contributed by atoms with Crippen LogP contribution in [0.15, 0.2) is 12.3 Å². The van der Waals surface area contributed by atoms with E-state index < -0.39 is 5.92 Å². The molecule has 0 aliphatic carbocycles. The molecule has 1 nitrogen and oxygen atoms in total. The first-order chi connectivity index (χ1) is 6.32. The summed E-state index contributed by atoms with van der Waals surface area (Å²) in [6.45, 7) is 4.66. The first kappa shape index (κ1) is 11.4. The smallest absolute Gasteiger partial charge is 0.259 e. The average Bonchev–Trinajstić information content (AvgIpc) is 2.01. The summed E-state index contributed by atoms with van der Waals surface area (Å²) in [4.78, 5) is 3.93. The largest absolute Gasteiger partial charge is 0.272 e. The van der Waals surface area contributed by atoms with Crippen molar-refractivity contribution in [2.75, 3.05) is 0 Å². The van der Waals surface area contributed by atoms with Crippen molar-refractivity contribution >= 4 is 11.6 Å². The van der Waals surface area contributed by atoms with E-state index in [2.05, 4.69) is 4.98 Å². The average molecular weight is 220 g/mol. The lowest BCUT2D eigenvalue weighted by Crippen LogP contribution is -2.08. The van der Waals surface area contributed by atoms with E-state index in [1.54, 1.807) is 0 Å². The molecule has 1 aromatic heterocycles. The summed E-state index contributed by atoms with van der Waals surface area (Å²) in [5.74, 6) is -2.74. The molecule has 14 heavy (non-hydrogen) atoms. The molecular weight excluding hydrogens is 208 g/mol.